The lowest BCUT2D eigenvalue weighted by Gasteiger charge is -2.08. The fourth-order valence-corrected chi connectivity index (χ4v) is 2.58. The summed E-state index contributed by atoms with van der Waals surface area (Å²) >= 11 is 7.03. The first-order chi connectivity index (χ1) is 11.2. The summed E-state index contributed by atoms with van der Waals surface area (Å²) in [6.45, 7) is 3.99. The predicted octanol–water partition coefficient (Wildman–Crippen LogP) is 2.12. The Balaban J connectivity index is 2.16. The molecule has 0 aromatic carbocycles. The molecular formula is C14H21ClN6OS. The Morgan fingerprint density at radius 3 is 2.91 bits per heavy atom. The van der Waals surface area contributed by atoms with Crippen molar-refractivity contribution in [3.05, 3.63) is 6.20 Å². The number of carbonyl (C=O) groups is 1. The number of nitrogens with zero attached hydrogens (tertiary/aromatic N) is 4. The summed E-state index contributed by atoms with van der Waals surface area (Å²) in [5.74, 6) is 1.08. The molecule has 2 rings (SSSR count). The van der Waals surface area contributed by atoms with Gasteiger partial charge >= 0.3 is 0 Å². The zero-order valence-electron chi connectivity index (χ0n) is 13.3. The van der Waals surface area contributed by atoms with Gasteiger partial charge in [-0.1, -0.05) is 18.7 Å². The normalized spacial score (nSPS) is 10.9. The van der Waals surface area contributed by atoms with E-state index < -0.39 is 0 Å². The highest BCUT2D eigenvalue weighted by Gasteiger charge is 2.12. The largest absolute Gasteiger partial charge is 0.369 e. The number of aromatic nitrogens is 4. The summed E-state index contributed by atoms with van der Waals surface area (Å²) in [4.78, 5) is 20.5. The van der Waals surface area contributed by atoms with Crippen molar-refractivity contribution in [3.63, 3.8) is 0 Å². The van der Waals surface area contributed by atoms with Crippen LogP contribution in [-0.2, 0) is 11.3 Å². The van der Waals surface area contributed by atoms with Gasteiger partial charge in [0.25, 0.3) is 0 Å². The second-order valence-electron chi connectivity index (χ2n) is 4.88. The molecule has 0 radical (unpaired) electrons. The van der Waals surface area contributed by atoms with Gasteiger partial charge in [0, 0.05) is 25.4 Å². The number of amides is 1. The molecule has 23 heavy (non-hydrogen) atoms. The Labute approximate surface area is 144 Å². The molecule has 1 amide bonds. The Kier molecular flexibility index (Phi) is 6.91. The van der Waals surface area contributed by atoms with E-state index in [4.69, 9.17) is 11.6 Å². The zero-order valence-corrected chi connectivity index (χ0v) is 14.9. The maximum atomic E-state index is 11.4. The van der Waals surface area contributed by atoms with E-state index in [-0.39, 0.29) is 5.91 Å². The van der Waals surface area contributed by atoms with Crippen molar-refractivity contribution in [2.45, 2.75) is 31.5 Å². The van der Waals surface area contributed by atoms with Gasteiger partial charge in [0.2, 0.25) is 5.91 Å². The van der Waals surface area contributed by atoms with Crippen LogP contribution in [-0.4, -0.2) is 50.9 Å². The minimum Gasteiger partial charge on any atom is -0.369 e. The van der Waals surface area contributed by atoms with Crippen molar-refractivity contribution in [2.24, 2.45) is 0 Å². The third-order valence-electron chi connectivity index (χ3n) is 3.17. The fraction of sp³-hybridized carbons (Fsp3) is 0.571. The van der Waals surface area contributed by atoms with Gasteiger partial charge in [0.05, 0.1) is 18.1 Å². The molecule has 0 spiro atoms. The third-order valence-corrected chi connectivity index (χ3v) is 3.90. The lowest BCUT2D eigenvalue weighted by molar-refractivity contribution is -0.120. The summed E-state index contributed by atoms with van der Waals surface area (Å²) < 4.78 is 1.79. The van der Waals surface area contributed by atoms with Crippen molar-refractivity contribution >= 4 is 46.1 Å². The minimum atomic E-state index is -0.0545. The molecule has 126 valence electrons. The molecule has 2 aromatic rings. The highest BCUT2D eigenvalue weighted by atomic mass is 35.5. The quantitative estimate of drug-likeness (QED) is 0.406. The molecule has 0 atom stereocenters. The van der Waals surface area contributed by atoms with Gasteiger partial charge in [-0.15, -0.1) is 11.6 Å². The van der Waals surface area contributed by atoms with Gasteiger partial charge in [0.1, 0.15) is 5.82 Å². The lowest BCUT2D eigenvalue weighted by atomic mass is 10.3. The van der Waals surface area contributed by atoms with E-state index >= 15 is 0 Å². The van der Waals surface area contributed by atoms with Crippen molar-refractivity contribution in [2.75, 3.05) is 30.5 Å². The highest BCUT2D eigenvalue weighted by molar-refractivity contribution is 7.98. The molecule has 7 nitrogen and oxygen atoms in total. The molecule has 9 heteroatoms. The highest BCUT2D eigenvalue weighted by Crippen LogP contribution is 2.23. The van der Waals surface area contributed by atoms with Crippen molar-refractivity contribution in [1.82, 2.24) is 25.1 Å². The Morgan fingerprint density at radius 1 is 1.39 bits per heavy atom. The molecule has 2 N–H and O–H groups in total. The van der Waals surface area contributed by atoms with Crippen LogP contribution in [0.2, 0.25) is 0 Å². The Morgan fingerprint density at radius 2 is 2.22 bits per heavy atom. The average molecular weight is 357 g/mol. The number of nitrogens with one attached hydrogen (secondary N) is 2. The van der Waals surface area contributed by atoms with Crippen molar-refractivity contribution in [1.29, 1.82) is 0 Å². The van der Waals surface area contributed by atoms with E-state index in [0.717, 1.165) is 29.8 Å². The van der Waals surface area contributed by atoms with E-state index in [1.807, 2.05) is 6.26 Å². The SMILES string of the molecule is CCCNc1nc(SC)nc2c1cnn2CCNC(=O)CCCl. The first-order valence-corrected chi connectivity index (χ1v) is 9.29. The smallest absolute Gasteiger partial charge is 0.221 e. The van der Waals surface area contributed by atoms with Crippen LogP contribution in [0.15, 0.2) is 11.4 Å². The topological polar surface area (TPSA) is 84.7 Å². The van der Waals surface area contributed by atoms with Gasteiger partial charge in [-0.3, -0.25) is 4.79 Å². The number of carbonyl (C=O) groups excluding carboxylic acids is 1. The second kappa shape index (κ2) is 8.93. The van der Waals surface area contributed by atoms with Crippen LogP contribution in [0, 0.1) is 0 Å². The number of anilines is 1. The standard InChI is InChI=1S/C14H21ClN6OS/c1-3-6-17-12-10-9-18-21(8-7-16-11(22)4-5-15)13(10)20-14(19-12)23-2/h9H,3-8H2,1-2H3,(H,16,22)(H,17,19,20). The van der Waals surface area contributed by atoms with Crippen LogP contribution in [0.4, 0.5) is 5.82 Å². The van der Waals surface area contributed by atoms with Crippen LogP contribution in [0.1, 0.15) is 19.8 Å². The van der Waals surface area contributed by atoms with E-state index in [9.17, 15) is 4.79 Å². The summed E-state index contributed by atoms with van der Waals surface area (Å²) in [5.41, 5.74) is 0.773. The fourth-order valence-electron chi connectivity index (χ4n) is 2.04. The van der Waals surface area contributed by atoms with Gasteiger partial charge in [-0.25, -0.2) is 14.6 Å². The average Bonchev–Trinajstić information content (AvgIpc) is 2.96. The molecule has 0 aliphatic heterocycles. The number of rotatable bonds is 9. The van der Waals surface area contributed by atoms with E-state index in [1.54, 1.807) is 10.9 Å². The Bertz CT molecular complexity index is 662. The molecule has 0 fully saturated rings. The zero-order chi connectivity index (χ0) is 16.7. The van der Waals surface area contributed by atoms with Crippen LogP contribution >= 0.6 is 23.4 Å². The summed E-state index contributed by atoms with van der Waals surface area (Å²) in [6.07, 6.45) is 5.04. The lowest BCUT2D eigenvalue weighted by Crippen LogP contribution is -2.27. The van der Waals surface area contributed by atoms with Crippen molar-refractivity contribution < 1.29 is 4.79 Å². The molecule has 0 bridgehead atoms. The van der Waals surface area contributed by atoms with E-state index in [0.29, 0.717) is 30.5 Å². The van der Waals surface area contributed by atoms with Crippen LogP contribution < -0.4 is 10.6 Å². The molecular weight excluding hydrogens is 336 g/mol. The molecule has 0 unspecified atom stereocenters. The molecule has 0 saturated carbocycles. The molecule has 2 heterocycles. The number of alkyl halides is 1. The number of hydrogen-bond donors (Lipinski definition) is 2. The van der Waals surface area contributed by atoms with Gasteiger partial charge in [0.15, 0.2) is 10.8 Å². The molecule has 0 aliphatic carbocycles. The Hall–Kier alpha value is -1.54. The maximum Gasteiger partial charge on any atom is 0.221 e. The van der Waals surface area contributed by atoms with Crippen molar-refractivity contribution in [3.8, 4) is 0 Å². The number of hydrogen-bond acceptors (Lipinski definition) is 6. The maximum absolute atomic E-state index is 11.4. The van der Waals surface area contributed by atoms with Gasteiger partial charge in [-0.2, -0.15) is 5.10 Å². The monoisotopic (exact) mass is 356 g/mol. The minimum absolute atomic E-state index is 0.0545. The first kappa shape index (κ1) is 17.8. The van der Waals surface area contributed by atoms with Crippen LogP contribution in [0.3, 0.4) is 0 Å². The number of thioether (sulfide) groups is 1. The molecule has 0 saturated heterocycles. The first-order valence-electron chi connectivity index (χ1n) is 7.53. The second-order valence-corrected chi connectivity index (χ2v) is 6.03. The van der Waals surface area contributed by atoms with Crippen LogP contribution in [0.25, 0.3) is 11.0 Å². The van der Waals surface area contributed by atoms with E-state index in [2.05, 4.69) is 32.6 Å². The number of halogens is 1. The summed E-state index contributed by atoms with van der Waals surface area (Å²) in [7, 11) is 0. The predicted molar refractivity (Wildman–Crippen MR) is 94.2 cm³/mol. The summed E-state index contributed by atoms with van der Waals surface area (Å²) in [6, 6.07) is 0. The molecule has 2 aromatic heterocycles. The molecule has 0 aliphatic rings. The van der Waals surface area contributed by atoms with Crippen LogP contribution in [0.5, 0.6) is 0 Å². The summed E-state index contributed by atoms with van der Waals surface area (Å²) in [5, 5.41) is 12.1. The van der Waals surface area contributed by atoms with Gasteiger partial charge < -0.3 is 10.6 Å². The van der Waals surface area contributed by atoms with E-state index in [1.165, 1.54) is 11.8 Å². The van der Waals surface area contributed by atoms with Gasteiger partial charge in [-0.05, 0) is 12.7 Å². The number of fused-ring (bicyclic) bond motifs is 1. The third kappa shape index (κ3) is 4.71.